The average Bonchev–Trinajstić information content (AvgIpc) is 3.59. The van der Waals surface area contributed by atoms with E-state index in [0.29, 0.717) is 41.6 Å². The number of hydrogen-bond donors (Lipinski definition) is 1. The molecule has 0 saturated heterocycles. The fraction of sp³-hybridized carbons (Fsp3) is 0.462. The van der Waals surface area contributed by atoms with Crippen LogP contribution in [0, 0.1) is 0 Å². The van der Waals surface area contributed by atoms with Crippen LogP contribution in [0.15, 0.2) is 30.3 Å². The molecule has 3 aliphatic rings. The molecule has 11 heteroatoms. The summed E-state index contributed by atoms with van der Waals surface area (Å²) in [5.74, 6) is 2.07. The summed E-state index contributed by atoms with van der Waals surface area (Å²) in [5, 5.41) is 11.3. The molecule has 194 valence electrons. The van der Waals surface area contributed by atoms with Gasteiger partial charge in [-0.1, -0.05) is 6.07 Å². The molecule has 1 N–H and O–H groups in total. The van der Waals surface area contributed by atoms with E-state index in [0.717, 1.165) is 42.6 Å². The van der Waals surface area contributed by atoms with E-state index < -0.39 is 10.0 Å². The van der Waals surface area contributed by atoms with Crippen molar-refractivity contribution in [2.45, 2.75) is 63.3 Å². The van der Waals surface area contributed by atoms with E-state index in [1.165, 1.54) is 7.11 Å². The number of amides is 1. The third kappa shape index (κ3) is 4.19. The van der Waals surface area contributed by atoms with Gasteiger partial charge in [0, 0.05) is 25.0 Å². The van der Waals surface area contributed by atoms with Crippen molar-refractivity contribution in [2.75, 3.05) is 19.0 Å². The largest absolute Gasteiger partial charge is 0.496 e. The lowest BCUT2D eigenvalue weighted by Crippen LogP contribution is -2.38. The number of methoxy groups -OCH3 is 1. The van der Waals surface area contributed by atoms with Gasteiger partial charge >= 0.3 is 0 Å². The normalized spacial score (nSPS) is 18.8. The van der Waals surface area contributed by atoms with Gasteiger partial charge in [0.2, 0.25) is 10.0 Å². The summed E-state index contributed by atoms with van der Waals surface area (Å²) in [6, 6.07) is 9.00. The average molecular weight is 523 g/mol. The van der Waals surface area contributed by atoms with Gasteiger partial charge in [-0.2, -0.15) is 4.31 Å². The molecule has 2 aromatic heterocycles. The lowest BCUT2D eigenvalue weighted by Gasteiger charge is -2.29. The number of rotatable bonds is 6. The minimum absolute atomic E-state index is 0.105. The van der Waals surface area contributed by atoms with E-state index in [-0.39, 0.29) is 23.2 Å². The molecule has 0 radical (unpaired) electrons. The third-order valence-corrected chi connectivity index (χ3v) is 9.91. The second-order valence-corrected chi connectivity index (χ2v) is 12.8. The summed E-state index contributed by atoms with van der Waals surface area (Å²) in [4.78, 5) is 18.0. The topological polar surface area (TPSA) is 119 Å². The maximum atomic E-state index is 13.4. The molecule has 1 saturated carbocycles. The number of hydrogen-bond acceptors (Lipinski definition) is 7. The van der Waals surface area contributed by atoms with Gasteiger partial charge in [0.25, 0.3) is 5.91 Å². The zero-order valence-corrected chi connectivity index (χ0v) is 22.0. The van der Waals surface area contributed by atoms with E-state index in [1.54, 1.807) is 16.4 Å². The summed E-state index contributed by atoms with van der Waals surface area (Å²) in [6.45, 7) is 5.02. The summed E-state index contributed by atoms with van der Waals surface area (Å²) in [6.07, 6.45) is 3.89. The highest BCUT2D eigenvalue weighted by Crippen LogP contribution is 2.36. The van der Waals surface area contributed by atoms with Gasteiger partial charge in [-0.25, -0.2) is 13.4 Å². The summed E-state index contributed by atoms with van der Waals surface area (Å²) in [5.41, 5.74) is 2.68. The first kappa shape index (κ1) is 24.1. The molecule has 2 aliphatic heterocycles. The van der Waals surface area contributed by atoms with E-state index >= 15 is 0 Å². The Morgan fingerprint density at radius 1 is 1.14 bits per heavy atom. The number of benzene rings is 1. The fourth-order valence-corrected chi connectivity index (χ4v) is 7.14. The SMILES string of the molecule is COc1cc2c(cc1C(=O)Nc1cccc(-c3nnc4n3C(C)(C)CC4)n1)CN(S(=O)(=O)C1CC1)CC2. The number of carbonyl (C=O) groups excluding carboxylic acids is 1. The predicted molar refractivity (Wildman–Crippen MR) is 138 cm³/mol. The van der Waals surface area contributed by atoms with E-state index in [4.69, 9.17) is 4.74 Å². The van der Waals surface area contributed by atoms with Crippen LogP contribution in [-0.2, 0) is 34.9 Å². The number of nitrogens with one attached hydrogen (secondary N) is 1. The van der Waals surface area contributed by atoms with Gasteiger partial charge in [-0.15, -0.1) is 10.2 Å². The maximum Gasteiger partial charge on any atom is 0.260 e. The van der Waals surface area contributed by atoms with Crippen molar-refractivity contribution in [3.05, 3.63) is 52.8 Å². The number of aromatic nitrogens is 4. The van der Waals surface area contributed by atoms with Crippen LogP contribution in [0.4, 0.5) is 5.82 Å². The van der Waals surface area contributed by atoms with Crippen LogP contribution < -0.4 is 10.1 Å². The quantitative estimate of drug-likeness (QED) is 0.528. The highest BCUT2D eigenvalue weighted by Gasteiger charge is 2.41. The number of aryl methyl sites for hydroxylation is 1. The zero-order chi connectivity index (χ0) is 25.9. The third-order valence-electron chi connectivity index (χ3n) is 7.56. The number of pyridine rings is 1. The van der Waals surface area contributed by atoms with Crippen molar-refractivity contribution < 1.29 is 17.9 Å². The van der Waals surface area contributed by atoms with Gasteiger partial charge in [0.15, 0.2) is 5.82 Å². The Morgan fingerprint density at radius 2 is 1.95 bits per heavy atom. The fourth-order valence-electron chi connectivity index (χ4n) is 5.32. The molecule has 6 rings (SSSR count). The van der Waals surface area contributed by atoms with Crippen molar-refractivity contribution in [3.63, 3.8) is 0 Å². The molecule has 1 fully saturated rings. The first-order valence-electron chi connectivity index (χ1n) is 12.6. The monoisotopic (exact) mass is 522 g/mol. The van der Waals surface area contributed by atoms with Crippen LogP contribution in [0.2, 0.25) is 0 Å². The Labute approximate surface area is 216 Å². The van der Waals surface area contributed by atoms with Crippen molar-refractivity contribution >= 4 is 21.7 Å². The van der Waals surface area contributed by atoms with Crippen molar-refractivity contribution in [2.24, 2.45) is 0 Å². The van der Waals surface area contributed by atoms with Gasteiger partial charge in [-0.05, 0) is 74.9 Å². The number of carbonyl (C=O) groups is 1. The molecule has 0 spiro atoms. The van der Waals surface area contributed by atoms with Gasteiger partial charge in [0.1, 0.15) is 23.1 Å². The molecule has 1 aromatic carbocycles. The Bertz CT molecular complexity index is 1510. The zero-order valence-electron chi connectivity index (χ0n) is 21.2. The standard InChI is InChI=1S/C26H30N6O4S/c1-26(2)11-9-23-29-30-24(32(23)26)20-5-4-6-22(27-20)28-25(33)19-13-17-15-31(37(34,35)18-7-8-18)12-10-16(17)14-21(19)36-3/h4-6,13-14,18H,7-12,15H2,1-3H3,(H,27,28,33). The lowest BCUT2D eigenvalue weighted by molar-refractivity contribution is 0.102. The molecular weight excluding hydrogens is 492 g/mol. The highest BCUT2D eigenvalue weighted by atomic mass is 32.2. The van der Waals surface area contributed by atoms with Crippen molar-refractivity contribution in [3.8, 4) is 17.3 Å². The van der Waals surface area contributed by atoms with E-state index in [9.17, 15) is 13.2 Å². The lowest BCUT2D eigenvalue weighted by atomic mass is 9.97. The highest BCUT2D eigenvalue weighted by molar-refractivity contribution is 7.90. The Balaban J connectivity index is 1.27. The Hall–Kier alpha value is -3.31. The number of anilines is 1. The molecule has 0 atom stereocenters. The number of sulfonamides is 1. The Morgan fingerprint density at radius 3 is 2.70 bits per heavy atom. The van der Waals surface area contributed by atoms with Crippen LogP contribution in [0.1, 0.15) is 60.4 Å². The summed E-state index contributed by atoms with van der Waals surface area (Å²) >= 11 is 0. The molecule has 37 heavy (non-hydrogen) atoms. The first-order valence-corrected chi connectivity index (χ1v) is 14.1. The van der Waals surface area contributed by atoms with Crippen molar-refractivity contribution in [1.82, 2.24) is 24.1 Å². The molecule has 1 aliphatic carbocycles. The number of ether oxygens (including phenoxy) is 1. The van der Waals surface area contributed by atoms with Crippen LogP contribution >= 0.6 is 0 Å². The summed E-state index contributed by atoms with van der Waals surface area (Å²) in [7, 11) is -1.76. The minimum Gasteiger partial charge on any atom is -0.496 e. The smallest absolute Gasteiger partial charge is 0.260 e. The van der Waals surface area contributed by atoms with Gasteiger partial charge in [-0.3, -0.25) is 4.79 Å². The van der Waals surface area contributed by atoms with Crippen molar-refractivity contribution in [1.29, 1.82) is 0 Å². The predicted octanol–water partition coefficient (Wildman–Crippen LogP) is 3.13. The maximum absolute atomic E-state index is 13.4. The van der Waals surface area contributed by atoms with Crippen LogP contribution in [0.5, 0.6) is 5.75 Å². The number of fused-ring (bicyclic) bond motifs is 2. The van der Waals surface area contributed by atoms with E-state index in [2.05, 4.69) is 38.9 Å². The van der Waals surface area contributed by atoms with Crippen LogP contribution in [-0.4, -0.2) is 57.3 Å². The molecular formula is C26H30N6O4S. The first-order chi connectivity index (χ1) is 17.7. The molecule has 4 heterocycles. The van der Waals surface area contributed by atoms with Gasteiger partial charge in [0.05, 0.1) is 17.9 Å². The molecule has 3 aromatic rings. The summed E-state index contributed by atoms with van der Waals surface area (Å²) < 4.78 is 34.8. The minimum atomic E-state index is -3.29. The Kier molecular flexibility index (Phi) is 5.61. The van der Waals surface area contributed by atoms with Gasteiger partial charge < -0.3 is 14.6 Å². The molecule has 10 nitrogen and oxygen atoms in total. The second-order valence-electron chi connectivity index (χ2n) is 10.6. The number of nitrogens with zero attached hydrogens (tertiary/aromatic N) is 5. The van der Waals surface area contributed by atoms with Crippen LogP contribution in [0.25, 0.3) is 11.5 Å². The van der Waals surface area contributed by atoms with Crippen LogP contribution in [0.3, 0.4) is 0 Å². The molecule has 0 bridgehead atoms. The second kappa shape index (κ2) is 8.63. The molecule has 1 amide bonds. The van der Waals surface area contributed by atoms with E-state index in [1.807, 2.05) is 18.2 Å². The molecule has 0 unspecified atom stereocenters.